The third-order valence-electron chi connectivity index (χ3n) is 12.4. The first-order valence-electron chi connectivity index (χ1n) is 20.2. The van der Waals surface area contributed by atoms with Crippen molar-refractivity contribution in [2.24, 2.45) is 0 Å². The van der Waals surface area contributed by atoms with Crippen LogP contribution in [0.25, 0.3) is 120 Å². The number of rotatable bonds is 4. The van der Waals surface area contributed by atoms with E-state index in [9.17, 15) is 0 Å². The standard InChI is InChI=1S/C58H36/c1-2-16-38-33-39(30-29-37(38)15-1)40-31-32-53-56(34-40)58(55-36-42-18-4-6-20-44(42)46-22-8-10-24-48(46)55)52-28-14-13-27-51(52)57(53)50-26-12-11-25-49(50)54-35-41-17-3-5-19-43(41)45-21-7-9-23-47(45)54/h1-36H. The van der Waals surface area contributed by atoms with Gasteiger partial charge in [-0.25, -0.2) is 0 Å². The van der Waals surface area contributed by atoms with E-state index in [2.05, 4.69) is 218 Å². The van der Waals surface area contributed by atoms with Gasteiger partial charge in [-0.05, 0) is 144 Å². The Hall–Kier alpha value is -7.54. The van der Waals surface area contributed by atoms with E-state index in [1.165, 1.54) is 120 Å². The molecule has 0 unspecified atom stereocenters. The maximum absolute atomic E-state index is 2.46. The summed E-state index contributed by atoms with van der Waals surface area (Å²) in [7, 11) is 0. The quantitative estimate of drug-likeness (QED) is 0.125. The summed E-state index contributed by atoms with van der Waals surface area (Å²) in [6.45, 7) is 0. The Morgan fingerprint density at radius 2 is 0.586 bits per heavy atom. The molecule has 12 aromatic rings. The predicted molar refractivity (Wildman–Crippen MR) is 251 cm³/mol. The molecule has 12 rings (SSSR count). The van der Waals surface area contributed by atoms with Crippen LogP contribution in [0.4, 0.5) is 0 Å². The molecule has 58 heavy (non-hydrogen) atoms. The van der Waals surface area contributed by atoms with Gasteiger partial charge in [0.05, 0.1) is 0 Å². The van der Waals surface area contributed by atoms with Crippen molar-refractivity contribution in [1.29, 1.82) is 0 Å². The lowest BCUT2D eigenvalue weighted by Gasteiger charge is -2.22. The average molecular weight is 733 g/mol. The minimum absolute atomic E-state index is 1.21. The second-order valence-electron chi connectivity index (χ2n) is 15.5. The van der Waals surface area contributed by atoms with Crippen molar-refractivity contribution < 1.29 is 0 Å². The number of hydrogen-bond donors (Lipinski definition) is 0. The van der Waals surface area contributed by atoms with E-state index < -0.39 is 0 Å². The molecule has 0 N–H and O–H groups in total. The molecule has 268 valence electrons. The first kappa shape index (κ1) is 32.7. The Morgan fingerprint density at radius 3 is 1.24 bits per heavy atom. The summed E-state index contributed by atoms with van der Waals surface area (Å²) in [4.78, 5) is 0. The van der Waals surface area contributed by atoms with Gasteiger partial charge in [-0.1, -0.05) is 194 Å². The minimum Gasteiger partial charge on any atom is -0.0616 e. The molecular formula is C58H36. The molecule has 0 atom stereocenters. The van der Waals surface area contributed by atoms with E-state index in [1.807, 2.05) is 0 Å². The van der Waals surface area contributed by atoms with Crippen LogP contribution in [-0.2, 0) is 0 Å². The highest BCUT2D eigenvalue weighted by atomic mass is 14.2. The van der Waals surface area contributed by atoms with Gasteiger partial charge < -0.3 is 0 Å². The van der Waals surface area contributed by atoms with Crippen molar-refractivity contribution in [3.8, 4) is 44.5 Å². The van der Waals surface area contributed by atoms with E-state index in [0.717, 1.165) is 0 Å². The highest BCUT2D eigenvalue weighted by Crippen LogP contribution is 2.50. The fraction of sp³-hybridized carbons (Fsp3) is 0. The molecule has 0 saturated heterocycles. The fourth-order valence-electron chi connectivity index (χ4n) is 9.78. The molecule has 0 aliphatic heterocycles. The van der Waals surface area contributed by atoms with Crippen LogP contribution in [0.1, 0.15) is 0 Å². The smallest absolute Gasteiger partial charge is 0.00197 e. The molecule has 12 aromatic carbocycles. The van der Waals surface area contributed by atoms with E-state index in [0.29, 0.717) is 0 Å². The molecule has 0 aliphatic rings. The Balaban J connectivity index is 1.23. The SMILES string of the molecule is c1ccc(-c2cc3ccccc3c3ccccc23)c(-c2c3ccccc3c(-c3cc4ccccc4c4ccccc34)c3cc(-c4ccc5ccccc5c4)ccc23)c1. The van der Waals surface area contributed by atoms with Gasteiger partial charge in [0.2, 0.25) is 0 Å². The lowest BCUT2D eigenvalue weighted by Crippen LogP contribution is -1.95. The van der Waals surface area contributed by atoms with Gasteiger partial charge in [-0.3, -0.25) is 0 Å². The van der Waals surface area contributed by atoms with Gasteiger partial charge in [0.15, 0.2) is 0 Å². The summed E-state index contributed by atoms with van der Waals surface area (Å²) >= 11 is 0. The molecule has 0 bridgehead atoms. The number of fused-ring (bicyclic) bond motifs is 9. The maximum Gasteiger partial charge on any atom is -0.00197 e. The zero-order chi connectivity index (χ0) is 38.2. The molecular weight excluding hydrogens is 697 g/mol. The van der Waals surface area contributed by atoms with E-state index in [4.69, 9.17) is 0 Å². The summed E-state index contributed by atoms with van der Waals surface area (Å²) in [6.07, 6.45) is 0. The van der Waals surface area contributed by atoms with Gasteiger partial charge in [-0.15, -0.1) is 0 Å². The molecule has 0 heteroatoms. The van der Waals surface area contributed by atoms with Crippen molar-refractivity contribution in [3.63, 3.8) is 0 Å². The third kappa shape index (κ3) is 5.02. The average Bonchev–Trinajstić information content (AvgIpc) is 3.30. The van der Waals surface area contributed by atoms with Crippen LogP contribution in [0, 0.1) is 0 Å². The molecule has 0 aromatic heterocycles. The maximum atomic E-state index is 2.46. The largest absolute Gasteiger partial charge is 0.0616 e. The van der Waals surface area contributed by atoms with Crippen molar-refractivity contribution in [3.05, 3.63) is 218 Å². The first-order valence-corrected chi connectivity index (χ1v) is 20.2. The van der Waals surface area contributed by atoms with E-state index in [1.54, 1.807) is 0 Å². The van der Waals surface area contributed by atoms with Crippen molar-refractivity contribution in [1.82, 2.24) is 0 Å². The van der Waals surface area contributed by atoms with Crippen LogP contribution in [0.2, 0.25) is 0 Å². The van der Waals surface area contributed by atoms with Crippen LogP contribution in [-0.4, -0.2) is 0 Å². The Kier molecular flexibility index (Phi) is 7.33. The molecule has 0 heterocycles. The molecule has 0 nitrogen and oxygen atoms in total. The molecule has 0 radical (unpaired) electrons. The summed E-state index contributed by atoms with van der Waals surface area (Å²) in [5, 5.41) is 17.6. The molecule has 0 saturated carbocycles. The summed E-state index contributed by atoms with van der Waals surface area (Å²) in [5.41, 5.74) is 9.93. The van der Waals surface area contributed by atoms with Gasteiger partial charge >= 0.3 is 0 Å². The van der Waals surface area contributed by atoms with Crippen LogP contribution in [0.3, 0.4) is 0 Å². The normalized spacial score (nSPS) is 11.8. The monoisotopic (exact) mass is 732 g/mol. The molecule has 0 amide bonds. The molecule has 0 aliphatic carbocycles. The van der Waals surface area contributed by atoms with Crippen molar-refractivity contribution in [2.75, 3.05) is 0 Å². The zero-order valence-corrected chi connectivity index (χ0v) is 31.8. The number of hydrogen-bond acceptors (Lipinski definition) is 0. The van der Waals surface area contributed by atoms with Crippen LogP contribution >= 0.6 is 0 Å². The molecule has 0 fully saturated rings. The number of benzene rings is 12. The minimum atomic E-state index is 1.21. The van der Waals surface area contributed by atoms with Gasteiger partial charge in [0, 0.05) is 0 Å². The van der Waals surface area contributed by atoms with Crippen LogP contribution < -0.4 is 0 Å². The van der Waals surface area contributed by atoms with Crippen LogP contribution in [0.15, 0.2) is 218 Å². The predicted octanol–water partition coefficient (Wildman–Crippen LogP) is 16.4. The highest BCUT2D eigenvalue weighted by molar-refractivity contribution is 6.27. The summed E-state index contributed by atoms with van der Waals surface area (Å²) < 4.78 is 0. The lowest BCUT2D eigenvalue weighted by molar-refractivity contribution is 1.63. The topological polar surface area (TPSA) is 0 Å². The summed E-state index contributed by atoms with van der Waals surface area (Å²) in [5.74, 6) is 0. The third-order valence-corrected chi connectivity index (χ3v) is 12.4. The van der Waals surface area contributed by atoms with Gasteiger partial charge in [-0.2, -0.15) is 0 Å². The van der Waals surface area contributed by atoms with Crippen LogP contribution in [0.5, 0.6) is 0 Å². The van der Waals surface area contributed by atoms with Crippen molar-refractivity contribution >= 4 is 75.4 Å². The molecule has 0 spiro atoms. The second kappa shape index (κ2) is 13.0. The lowest BCUT2D eigenvalue weighted by atomic mass is 9.81. The van der Waals surface area contributed by atoms with E-state index >= 15 is 0 Å². The van der Waals surface area contributed by atoms with E-state index in [-0.39, 0.29) is 0 Å². The Morgan fingerprint density at radius 1 is 0.172 bits per heavy atom. The second-order valence-corrected chi connectivity index (χ2v) is 15.5. The first-order chi connectivity index (χ1) is 28.8. The highest BCUT2D eigenvalue weighted by Gasteiger charge is 2.22. The summed E-state index contributed by atoms with van der Waals surface area (Å²) in [6, 6.07) is 81.1. The van der Waals surface area contributed by atoms with Crippen molar-refractivity contribution in [2.45, 2.75) is 0 Å². The zero-order valence-electron chi connectivity index (χ0n) is 31.8. The Bertz CT molecular complexity index is 3620. The Labute approximate surface area is 336 Å². The van der Waals surface area contributed by atoms with Gasteiger partial charge in [0.1, 0.15) is 0 Å². The fourth-order valence-corrected chi connectivity index (χ4v) is 9.78. The van der Waals surface area contributed by atoms with Gasteiger partial charge in [0.25, 0.3) is 0 Å².